The second-order valence-corrected chi connectivity index (χ2v) is 8.39. The fourth-order valence-corrected chi connectivity index (χ4v) is 3.64. The largest absolute Gasteiger partial charge is 0.368 e. The third-order valence-electron chi connectivity index (χ3n) is 5.23. The number of carbonyl (C=O) groups excluding carboxylic acids is 2. The molecular formula is C19H34N2O3. The summed E-state index contributed by atoms with van der Waals surface area (Å²) in [5.74, 6) is 0.789. The minimum atomic E-state index is -0.362. The molecular weight excluding hydrogens is 304 g/mol. The Labute approximate surface area is 146 Å². The molecule has 0 unspecified atom stereocenters. The van der Waals surface area contributed by atoms with Gasteiger partial charge in [-0.05, 0) is 25.2 Å². The van der Waals surface area contributed by atoms with E-state index in [0.717, 1.165) is 25.9 Å². The SMILES string of the molecule is C[C@@H]1CCCC[C@@H]1OCC(=O)N1CCCN(C(=O)C(C)(C)C)CC1. The molecule has 5 nitrogen and oxygen atoms in total. The van der Waals surface area contributed by atoms with Gasteiger partial charge in [0, 0.05) is 31.6 Å². The molecule has 1 aliphatic heterocycles. The summed E-state index contributed by atoms with van der Waals surface area (Å²) in [4.78, 5) is 28.7. The Morgan fingerprint density at radius 3 is 2.25 bits per heavy atom. The van der Waals surface area contributed by atoms with E-state index in [9.17, 15) is 9.59 Å². The fraction of sp³-hybridized carbons (Fsp3) is 0.895. The summed E-state index contributed by atoms with van der Waals surface area (Å²) in [5.41, 5.74) is -0.362. The van der Waals surface area contributed by atoms with Gasteiger partial charge >= 0.3 is 0 Å². The van der Waals surface area contributed by atoms with Gasteiger partial charge in [0.15, 0.2) is 0 Å². The second-order valence-electron chi connectivity index (χ2n) is 8.39. The number of nitrogens with zero attached hydrogens (tertiary/aromatic N) is 2. The molecule has 0 aromatic heterocycles. The van der Waals surface area contributed by atoms with Crippen LogP contribution in [0, 0.1) is 11.3 Å². The van der Waals surface area contributed by atoms with Gasteiger partial charge in [-0.1, -0.05) is 40.5 Å². The van der Waals surface area contributed by atoms with Crippen LogP contribution in [0.25, 0.3) is 0 Å². The molecule has 0 bridgehead atoms. The second kappa shape index (κ2) is 8.32. The van der Waals surface area contributed by atoms with Crippen LogP contribution >= 0.6 is 0 Å². The van der Waals surface area contributed by atoms with E-state index in [2.05, 4.69) is 6.92 Å². The minimum Gasteiger partial charge on any atom is -0.368 e. The van der Waals surface area contributed by atoms with Crippen molar-refractivity contribution in [1.29, 1.82) is 0 Å². The molecule has 0 radical (unpaired) electrons. The van der Waals surface area contributed by atoms with Crippen LogP contribution in [-0.4, -0.2) is 60.5 Å². The number of amides is 2. The molecule has 1 saturated heterocycles. The number of carbonyl (C=O) groups is 2. The lowest BCUT2D eigenvalue weighted by Crippen LogP contribution is -2.43. The average molecular weight is 338 g/mol. The van der Waals surface area contributed by atoms with Crippen LogP contribution in [0.5, 0.6) is 0 Å². The van der Waals surface area contributed by atoms with Gasteiger partial charge in [0.25, 0.3) is 0 Å². The van der Waals surface area contributed by atoms with Crippen molar-refractivity contribution in [2.45, 2.75) is 65.9 Å². The van der Waals surface area contributed by atoms with E-state index in [1.807, 2.05) is 30.6 Å². The third kappa shape index (κ3) is 5.20. The van der Waals surface area contributed by atoms with Crippen LogP contribution in [0.1, 0.15) is 59.8 Å². The quantitative estimate of drug-likeness (QED) is 0.795. The Hall–Kier alpha value is -1.10. The van der Waals surface area contributed by atoms with Gasteiger partial charge in [-0.2, -0.15) is 0 Å². The molecule has 2 atom stereocenters. The van der Waals surface area contributed by atoms with Crippen molar-refractivity contribution in [2.75, 3.05) is 32.8 Å². The Kier molecular flexibility index (Phi) is 6.67. The van der Waals surface area contributed by atoms with E-state index in [0.29, 0.717) is 19.0 Å². The third-order valence-corrected chi connectivity index (χ3v) is 5.23. The average Bonchev–Trinajstić information content (AvgIpc) is 2.78. The number of rotatable bonds is 3. The molecule has 1 saturated carbocycles. The highest BCUT2D eigenvalue weighted by Gasteiger charge is 2.30. The van der Waals surface area contributed by atoms with Gasteiger partial charge in [-0.3, -0.25) is 9.59 Å². The summed E-state index contributed by atoms with van der Waals surface area (Å²) in [7, 11) is 0. The summed E-state index contributed by atoms with van der Waals surface area (Å²) in [6.45, 7) is 10.9. The first kappa shape index (κ1) is 19.2. The standard InChI is InChI=1S/C19H34N2O3/c1-15-8-5-6-9-16(15)24-14-17(22)20-10-7-11-21(13-12-20)18(23)19(2,3)4/h15-16H,5-14H2,1-4H3/t15-,16+/m1/s1. The Balaban J connectivity index is 1.80. The van der Waals surface area contributed by atoms with Crippen molar-refractivity contribution in [2.24, 2.45) is 11.3 Å². The van der Waals surface area contributed by atoms with Crippen LogP contribution in [0.15, 0.2) is 0 Å². The van der Waals surface area contributed by atoms with E-state index in [4.69, 9.17) is 4.74 Å². The van der Waals surface area contributed by atoms with Crippen molar-refractivity contribution in [3.05, 3.63) is 0 Å². The summed E-state index contributed by atoms with van der Waals surface area (Å²) in [6.07, 6.45) is 5.83. The van der Waals surface area contributed by atoms with Crippen molar-refractivity contribution in [3.63, 3.8) is 0 Å². The van der Waals surface area contributed by atoms with Gasteiger partial charge in [-0.15, -0.1) is 0 Å². The zero-order valence-corrected chi connectivity index (χ0v) is 15.8. The molecule has 0 spiro atoms. The van der Waals surface area contributed by atoms with Crippen molar-refractivity contribution < 1.29 is 14.3 Å². The summed E-state index contributed by atoms with van der Waals surface area (Å²) in [5, 5.41) is 0. The highest BCUT2D eigenvalue weighted by molar-refractivity contribution is 5.82. The van der Waals surface area contributed by atoms with Gasteiger partial charge in [0.2, 0.25) is 11.8 Å². The summed E-state index contributed by atoms with van der Waals surface area (Å²) >= 11 is 0. The van der Waals surface area contributed by atoms with Crippen LogP contribution in [-0.2, 0) is 14.3 Å². The van der Waals surface area contributed by atoms with E-state index < -0.39 is 0 Å². The molecule has 5 heteroatoms. The molecule has 0 aromatic carbocycles. The molecule has 2 fully saturated rings. The smallest absolute Gasteiger partial charge is 0.248 e. The highest BCUT2D eigenvalue weighted by Crippen LogP contribution is 2.26. The first-order valence-electron chi connectivity index (χ1n) is 9.48. The monoisotopic (exact) mass is 338 g/mol. The number of hydrogen-bond donors (Lipinski definition) is 0. The van der Waals surface area contributed by atoms with Crippen molar-refractivity contribution in [1.82, 2.24) is 9.80 Å². The van der Waals surface area contributed by atoms with Crippen molar-refractivity contribution in [3.8, 4) is 0 Å². The Morgan fingerprint density at radius 2 is 1.58 bits per heavy atom. The summed E-state index contributed by atoms with van der Waals surface area (Å²) in [6, 6.07) is 0. The van der Waals surface area contributed by atoms with E-state index >= 15 is 0 Å². The zero-order valence-electron chi connectivity index (χ0n) is 15.8. The molecule has 0 N–H and O–H groups in total. The van der Waals surface area contributed by atoms with Gasteiger partial charge in [0.05, 0.1) is 6.10 Å². The van der Waals surface area contributed by atoms with Crippen LogP contribution in [0.4, 0.5) is 0 Å². The minimum absolute atomic E-state index is 0.0674. The molecule has 138 valence electrons. The molecule has 1 aliphatic carbocycles. The lowest BCUT2D eigenvalue weighted by atomic mass is 9.88. The maximum absolute atomic E-state index is 12.5. The predicted molar refractivity (Wildman–Crippen MR) is 94.6 cm³/mol. The van der Waals surface area contributed by atoms with Gasteiger partial charge in [0.1, 0.15) is 6.61 Å². The maximum atomic E-state index is 12.5. The van der Waals surface area contributed by atoms with Crippen LogP contribution in [0.3, 0.4) is 0 Å². The first-order chi connectivity index (χ1) is 11.3. The van der Waals surface area contributed by atoms with E-state index in [-0.39, 0.29) is 29.9 Å². The van der Waals surface area contributed by atoms with E-state index in [1.54, 1.807) is 0 Å². The lowest BCUT2D eigenvalue weighted by Gasteiger charge is -2.30. The highest BCUT2D eigenvalue weighted by atomic mass is 16.5. The Bertz CT molecular complexity index is 444. The molecule has 2 aliphatic rings. The zero-order chi connectivity index (χ0) is 17.7. The normalized spacial score (nSPS) is 26.2. The number of hydrogen-bond acceptors (Lipinski definition) is 3. The predicted octanol–water partition coefficient (Wildman–Crippen LogP) is 2.69. The Morgan fingerprint density at radius 1 is 0.958 bits per heavy atom. The van der Waals surface area contributed by atoms with Crippen molar-refractivity contribution >= 4 is 11.8 Å². The maximum Gasteiger partial charge on any atom is 0.248 e. The number of ether oxygens (including phenoxy) is 1. The molecule has 2 amide bonds. The molecule has 1 heterocycles. The lowest BCUT2D eigenvalue weighted by molar-refractivity contribution is -0.142. The summed E-state index contributed by atoms with van der Waals surface area (Å²) < 4.78 is 5.91. The van der Waals surface area contributed by atoms with Crippen LogP contribution in [0.2, 0.25) is 0 Å². The van der Waals surface area contributed by atoms with Crippen LogP contribution < -0.4 is 0 Å². The first-order valence-corrected chi connectivity index (χ1v) is 9.48. The topological polar surface area (TPSA) is 49.9 Å². The molecule has 2 rings (SSSR count). The molecule has 0 aromatic rings. The van der Waals surface area contributed by atoms with E-state index in [1.165, 1.54) is 19.3 Å². The fourth-order valence-electron chi connectivity index (χ4n) is 3.64. The van der Waals surface area contributed by atoms with Gasteiger partial charge < -0.3 is 14.5 Å². The van der Waals surface area contributed by atoms with Gasteiger partial charge in [-0.25, -0.2) is 0 Å². The molecule has 24 heavy (non-hydrogen) atoms.